The third-order valence-corrected chi connectivity index (χ3v) is 5.44. The van der Waals surface area contributed by atoms with Gasteiger partial charge in [0.05, 0.1) is 11.1 Å². The van der Waals surface area contributed by atoms with Crippen LogP contribution in [0.25, 0.3) is 0 Å². The number of nitrogens with one attached hydrogen (secondary N) is 1. The highest BCUT2D eigenvalue weighted by molar-refractivity contribution is 9.10. The van der Waals surface area contributed by atoms with Crippen LogP contribution in [0.4, 0.5) is 4.39 Å². The summed E-state index contributed by atoms with van der Waals surface area (Å²) in [6.45, 7) is 0. The van der Waals surface area contributed by atoms with E-state index in [9.17, 15) is 4.39 Å². The van der Waals surface area contributed by atoms with E-state index in [0.29, 0.717) is 20.8 Å². The van der Waals surface area contributed by atoms with Gasteiger partial charge in [-0.25, -0.2) is 4.39 Å². The van der Waals surface area contributed by atoms with Crippen molar-refractivity contribution in [2.24, 2.45) is 5.84 Å². The highest BCUT2D eigenvalue weighted by Crippen LogP contribution is 2.32. The number of benzene rings is 2. The molecule has 0 aliphatic carbocycles. The molecule has 0 spiro atoms. The van der Waals surface area contributed by atoms with Gasteiger partial charge in [-0.1, -0.05) is 35.3 Å². The number of rotatable bonds is 5. The van der Waals surface area contributed by atoms with E-state index in [1.54, 1.807) is 18.2 Å². The van der Waals surface area contributed by atoms with Gasteiger partial charge in [0.2, 0.25) is 0 Å². The summed E-state index contributed by atoms with van der Waals surface area (Å²) in [6, 6.07) is 10.5. The van der Waals surface area contributed by atoms with Crippen LogP contribution in [0.1, 0.15) is 11.6 Å². The van der Waals surface area contributed by atoms with E-state index in [1.165, 1.54) is 11.8 Å². The van der Waals surface area contributed by atoms with Crippen LogP contribution in [0.5, 0.6) is 0 Å². The van der Waals surface area contributed by atoms with Crippen LogP contribution < -0.4 is 11.3 Å². The van der Waals surface area contributed by atoms with Gasteiger partial charge in [0.25, 0.3) is 0 Å². The van der Waals surface area contributed by atoms with Crippen LogP contribution in [0.2, 0.25) is 10.0 Å². The van der Waals surface area contributed by atoms with Crippen molar-refractivity contribution in [3.8, 4) is 0 Å². The maximum absolute atomic E-state index is 14.2. The predicted octanol–water partition coefficient (Wildman–Crippen LogP) is 5.19. The second-order valence-corrected chi connectivity index (χ2v) is 7.01. The Kier molecular flexibility index (Phi) is 6.34. The van der Waals surface area contributed by atoms with Crippen LogP contribution >= 0.6 is 50.9 Å². The maximum Gasteiger partial charge on any atom is 0.147 e. The van der Waals surface area contributed by atoms with E-state index in [1.807, 2.05) is 18.2 Å². The lowest BCUT2D eigenvalue weighted by molar-refractivity contribution is 0.546. The molecule has 0 aliphatic rings. The fourth-order valence-corrected chi connectivity index (χ4v) is 3.53. The Hall–Kier alpha value is -0.300. The summed E-state index contributed by atoms with van der Waals surface area (Å²) in [5.41, 5.74) is 3.05. The molecule has 2 rings (SSSR count). The third-order valence-electron chi connectivity index (χ3n) is 2.85. The number of halogens is 4. The minimum absolute atomic E-state index is 0.0560. The van der Waals surface area contributed by atoms with Crippen molar-refractivity contribution in [3.63, 3.8) is 0 Å². The summed E-state index contributed by atoms with van der Waals surface area (Å²) in [5, 5.41) is 0.718. The third kappa shape index (κ3) is 4.34. The predicted molar refractivity (Wildman–Crippen MR) is 91.4 cm³/mol. The molecule has 0 saturated carbocycles. The first-order valence-electron chi connectivity index (χ1n) is 6.01. The fraction of sp³-hybridized carbons (Fsp3) is 0.143. The molecule has 1 atom stereocenters. The highest BCUT2D eigenvalue weighted by atomic mass is 79.9. The van der Waals surface area contributed by atoms with E-state index in [-0.39, 0.29) is 11.1 Å². The second kappa shape index (κ2) is 7.81. The second-order valence-electron chi connectivity index (χ2n) is 4.25. The fourth-order valence-electron chi connectivity index (χ4n) is 1.77. The molecule has 2 aromatic rings. The summed E-state index contributed by atoms with van der Waals surface area (Å²) in [6.07, 6.45) is 0. The Morgan fingerprint density at radius 1 is 1.29 bits per heavy atom. The van der Waals surface area contributed by atoms with Gasteiger partial charge in [0.1, 0.15) is 5.82 Å². The van der Waals surface area contributed by atoms with Crippen LogP contribution in [0.15, 0.2) is 45.8 Å². The molecule has 21 heavy (non-hydrogen) atoms. The van der Waals surface area contributed by atoms with Gasteiger partial charge in [-0.2, -0.15) is 0 Å². The minimum Gasteiger partial charge on any atom is -0.271 e. The van der Waals surface area contributed by atoms with Crippen molar-refractivity contribution in [2.45, 2.75) is 10.9 Å². The standard InChI is InChI=1S/C14H12BrCl2FN2S/c15-11-5-4-10(14(18)13(11)17)12(20-19)7-21-9-3-1-2-8(16)6-9/h1-6,12,20H,7,19H2. The minimum atomic E-state index is -0.472. The Balaban J connectivity index is 2.15. The first kappa shape index (κ1) is 17.1. The van der Waals surface area contributed by atoms with Gasteiger partial charge < -0.3 is 0 Å². The van der Waals surface area contributed by atoms with Crippen molar-refractivity contribution in [1.82, 2.24) is 5.43 Å². The van der Waals surface area contributed by atoms with E-state index < -0.39 is 5.82 Å². The van der Waals surface area contributed by atoms with Crippen molar-refractivity contribution < 1.29 is 4.39 Å². The summed E-state index contributed by atoms with van der Waals surface area (Å²) in [5.74, 6) is 5.62. The lowest BCUT2D eigenvalue weighted by Gasteiger charge is -2.17. The van der Waals surface area contributed by atoms with E-state index in [0.717, 1.165) is 4.90 Å². The average molecular weight is 410 g/mol. The molecule has 0 saturated heterocycles. The molecular formula is C14H12BrCl2FN2S. The quantitative estimate of drug-likeness (QED) is 0.308. The smallest absolute Gasteiger partial charge is 0.147 e. The maximum atomic E-state index is 14.2. The summed E-state index contributed by atoms with van der Waals surface area (Å²) < 4.78 is 14.7. The molecule has 1 unspecified atom stereocenters. The van der Waals surface area contributed by atoms with Crippen molar-refractivity contribution >= 4 is 50.9 Å². The Bertz CT molecular complexity index is 642. The van der Waals surface area contributed by atoms with Crippen molar-refractivity contribution in [1.29, 1.82) is 0 Å². The van der Waals surface area contributed by atoms with E-state index >= 15 is 0 Å². The van der Waals surface area contributed by atoms with Gasteiger partial charge in [0, 0.05) is 25.7 Å². The van der Waals surface area contributed by atoms with Gasteiger partial charge in [-0.05, 0) is 40.2 Å². The monoisotopic (exact) mass is 408 g/mol. The molecule has 0 radical (unpaired) electrons. The number of hydrogen-bond donors (Lipinski definition) is 2. The van der Waals surface area contributed by atoms with Gasteiger partial charge >= 0.3 is 0 Å². The number of thioether (sulfide) groups is 1. The highest BCUT2D eigenvalue weighted by Gasteiger charge is 2.18. The molecule has 7 heteroatoms. The lowest BCUT2D eigenvalue weighted by Crippen LogP contribution is -2.30. The Morgan fingerprint density at radius 2 is 2.05 bits per heavy atom. The van der Waals surface area contributed by atoms with E-state index in [2.05, 4.69) is 21.4 Å². The number of nitrogens with two attached hydrogens (primary N) is 1. The zero-order valence-corrected chi connectivity index (χ0v) is 14.7. The topological polar surface area (TPSA) is 38.0 Å². The normalized spacial score (nSPS) is 12.4. The summed E-state index contributed by atoms with van der Waals surface area (Å²) in [7, 11) is 0. The van der Waals surface area contributed by atoms with Crippen LogP contribution in [0.3, 0.4) is 0 Å². The Labute approximate surface area is 145 Å². The molecule has 0 fully saturated rings. The number of hydrazine groups is 1. The molecule has 112 valence electrons. The van der Waals surface area contributed by atoms with Crippen molar-refractivity contribution in [3.05, 3.63) is 62.3 Å². The summed E-state index contributed by atoms with van der Waals surface area (Å²) >= 11 is 16.6. The van der Waals surface area contributed by atoms with Gasteiger partial charge in [-0.15, -0.1) is 11.8 Å². The first-order chi connectivity index (χ1) is 10.0. The Morgan fingerprint density at radius 3 is 2.71 bits per heavy atom. The molecule has 2 aromatic carbocycles. The first-order valence-corrected chi connectivity index (χ1v) is 8.54. The van der Waals surface area contributed by atoms with E-state index in [4.69, 9.17) is 29.0 Å². The molecule has 2 nitrogen and oxygen atoms in total. The molecule has 0 bridgehead atoms. The van der Waals surface area contributed by atoms with Crippen LogP contribution in [-0.4, -0.2) is 5.75 Å². The zero-order valence-electron chi connectivity index (χ0n) is 10.7. The average Bonchev–Trinajstić information content (AvgIpc) is 2.47. The molecule has 3 N–H and O–H groups in total. The van der Waals surface area contributed by atoms with Crippen LogP contribution in [-0.2, 0) is 0 Å². The molecule has 0 aromatic heterocycles. The zero-order chi connectivity index (χ0) is 15.4. The molecule has 0 aliphatic heterocycles. The molecule has 0 heterocycles. The van der Waals surface area contributed by atoms with Gasteiger partial charge in [0.15, 0.2) is 0 Å². The SMILES string of the molecule is NNC(CSc1cccc(Cl)c1)c1ccc(Br)c(Cl)c1F. The number of hydrogen-bond acceptors (Lipinski definition) is 3. The largest absolute Gasteiger partial charge is 0.271 e. The molecule has 0 amide bonds. The van der Waals surface area contributed by atoms with Crippen LogP contribution in [0, 0.1) is 5.82 Å². The van der Waals surface area contributed by atoms with Gasteiger partial charge in [-0.3, -0.25) is 11.3 Å². The summed E-state index contributed by atoms with van der Waals surface area (Å²) in [4.78, 5) is 0.992. The lowest BCUT2D eigenvalue weighted by atomic mass is 10.1. The molecular weight excluding hydrogens is 398 g/mol. The van der Waals surface area contributed by atoms with Crippen molar-refractivity contribution in [2.75, 3.05) is 5.75 Å².